The van der Waals surface area contributed by atoms with Crippen LogP contribution in [0.2, 0.25) is 0 Å². The van der Waals surface area contributed by atoms with Gasteiger partial charge in [-0.05, 0) is 69.5 Å². The van der Waals surface area contributed by atoms with E-state index in [4.69, 9.17) is 14.7 Å². The number of nitrogens with one attached hydrogen (secondary N) is 1. The van der Waals surface area contributed by atoms with Gasteiger partial charge < -0.3 is 15.2 Å². The van der Waals surface area contributed by atoms with E-state index in [2.05, 4.69) is 27.3 Å². The number of piperidine rings is 1. The zero-order chi connectivity index (χ0) is 26.9. The lowest BCUT2D eigenvalue weighted by molar-refractivity contribution is -0.141. The molecule has 1 saturated heterocycles. The standard InChI is InChI=1S/C29H40N6O3/c1-4-24(27(36)37)21-23-13-15-26(16-14-23)38-20-19-33(3)29-31-22(2)30-28(32-25-11-7-5-8-12-25)35(29)34-17-9-6-10-18-34/h5,7-8,11-16,24,29H,4,6,9-10,17-21H2,1-3H3,(H,36,37)(H,30,31,32). The molecule has 0 saturated carbocycles. The monoisotopic (exact) mass is 520 g/mol. The van der Waals surface area contributed by atoms with Crippen LogP contribution in [0.1, 0.15) is 45.1 Å². The minimum absolute atomic E-state index is 0.232. The summed E-state index contributed by atoms with van der Waals surface area (Å²) in [6.45, 7) is 6.95. The van der Waals surface area contributed by atoms with Crippen molar-refractivity contribution in [1.29, 1.82) is 0 Å². The van der Waals surface area contributed by atoms with Gasteiger partial charge in [0.05, 0.1) is 5.92 Å². The third kappa shape index (κ3) is 7.33. The summed E-state index contributed by atoms with van der Waals surface area (Å²) >= 11 is 0. The van der Waals surface area contributed by atoms with Crippen molar-refractivity contribution in [3.8, 4) is 5.75 Å². The number of nitrogens with zero attached hydrogens (tertiary/aromatic N) is 5. The maximum absolute atomic E-state index is 11.3. The van der Waals surface area contributed by atoms with Crippen molar-refractivity contribution in [3.63, 3.8) is 0 Å². The molecule has 2 atom stereocenters. The van der Waals surface area contributed by atoms with E-state index in [0.717, 1.165) is 54.7 Å². The molecule has 2 aliphatic rings. The molecule has 2 aromatic carbocycles. The van der Waals surface area contributed by atoms with E-state index >= 15 is 0 Å². The Balaban J connectivity index is 1.39. The third-order valence-electron chi connectivity index (χ3n) is 7.03. The van der Waals surface area contributed by atoms with Gasteiger partial charge in [0.2, 0.25) is 5.96 Å². The van der Waals surface area contributed by atoms with E-state index in [1.807, 2.05) is 68.4 Å². The summed E-state index contributed by atoms with van der Waals surface area (Å²) in [7, 11) is 2.06. The highest BCUT2D eigenvalue weighted by molar-refractivity contribution is 6.03. The fourth-order valence-corrected chi connectivity index (χ4v) is 4.79. The average molecular weight is 521 g/mol. The number of aliphatic carboxylic acids is 1. The molecule has 2 aromatic rings. The van der Waals surface area contributed by atoms with Crippen LogP contribution >= 0.6 is 0 Å². The van der Waals surface area contributed by atoms with Gasteiger partial charge in [-0.3, -0.25) is 9.69 Å². The predicted molar refractivity (Wildman–Crippen MR) is 151 cm³/mol. The van der Waals surface area contributed by atoms with Crippen molar-refractivity contribution in [3.05, 3.63) is 60.2 Å². The number of rotatable bonds is 11. The quantitative estimate of drug-likeness (QED) is 0.449. The molecule has 2 aliphatic heterocycles. The van der Waals surface area contributed by atoms with Gasteiger partial charge >= 0.3 is 5.97 Å². The number of amidine groups is 1. The van der Waals surface area contributed by atoms with Crippen molar-refractivity contribution >= 4 is 23.5 Å². The number of para-hydroxylation sites is 1. The second-order valence-corrected chi connectivity index (χ2v) is 9.93. The highest BCUT2D eigenvalue weighted by atomic mass is 16.5. The fourth-order valence-electron chi connectivity index (χ4n) is 4.79. The first-order valence-corrected chi connectivity index (χ1v) is 13.6. The number of hydrazine groups is 1. The van der Waals surface area contributed by atoms with Crippen LogP contribution in [0.4, 0.5) is 5.69 Å². The first-order chi connectivity index (χ1) is 18.4. The van der Waals surface area contributed by atoms with Crippen LogP contribution in [0.5, 0.6) is 5.75 Å². The van der Waals surface area contributed by atoms with Crippen molar-refractivity contribution in [2.24, 2.45) is 15.9 Å². The Bertz CT molecular complexity index is 1100. The van der Waals surface area contributed by atoms with Crippen LogP contribution in [-0.4, -0.2) is 77.4 Å². The molecule has 2 heterocycles. The van der Waals surface area contributed by atoms with Gasteiger partial charge in [-0.25, -0.2) is 15.0 Å². The summed E-state index contributed by atoms with van der Waals surface area (Å²) in [5.74, 6) is 1.18. The minimum atomic E-state index is -0.748. The number of ether oxygens (including phenoxy) is 1. The van der Waals surface area contributed by atoms with Crippen LogP contribution in [0, 0.1) is 5.92 Å². The molecule has 2 N–H and O–H groups in total. The van der Waals surface area contributed by atoms with E-state index < -0.39 is 5.97 Å². The van der Waals surface area contributed by atoms with E-state index in [9.17, 15) is 9.90 Å². The number of benzene rings is 2. The highest BCUT2D eigenvalue weighted by Crippen LogP contribution is 2.22. The molecule has 38 heavy (non-hydrogen) atoms. The van der Waals surface area contributed by atoms with E-state index in [-0.39, 0.29) is 12.2 Å². The Hall–Kier alpha value is -3.43. The maximum atomic E-state index is 11.3. The molecular weight excluding hydrogens is 480 g/mol. The number of carboxylic acid groups (broad SMARTS) is 1. The van der Waals surface area contributed by atoms with Crippen LogP contribution in [0.15, 0.2) is 64.6 Å². The van der Waals surface area contributed by atoms with Crippen molar-refractivity contribution in [2.75, 3.05) is 38.6 Å². The molecule has 9 heteroatoms. The van der Waals surface area contributed by atoms with Crippen LogP contribution in [0.3, 0.4) is 0 Å². The van der Waals surface area contributed by atoms with E-state index in [1.165, 1.54) is 6.42 Å². The summed E-state index contributed by atoms with van der Waals surface area (Å²) in [6, 6.07) is 17.9. The Morgan fingerprint density at radius 2 is 1.84 bits per heavy atom. The molecule has 0 spiro atoms. The molecule has 204 valence electrons. The van der Waals surface area contributed by atoms with Gasteiger partial charge in [-0.1, -0.05) is 43.7 Å². The Morgan fingerprint density at radius 3 is 2.50 bits per heavy atom. The number of hydrogen-bond donors (Lipinski definition) is 2. The smallest absolute Gasteiger partial charge is 0.306 e. The molecule has 9 nitrogen and oxygen atoms in total. The third-order valence-corrected chi connectivity index (χ3v) is 7.03. The molecule has 0 bridgehead atoms. The number of likely N-dealkylation sites (N-methyl/N-ethyl adjacent to an activating group) is 1. The SMILES string of the molecule is CCC(Cc1ccc(OCCN(C)C2N=C(C)N=C(Nc3ccccc3)N2N2CCCCC2)cc1)C(=O)O. The fraction of sp³-hybridized carbons (Fsp3) is 0.483. The summed E-state index contributed by atoms with van der Waals surface area (Å²) in [4.78, 5) is 23.2. The lowest BCUT2D eigenvalue weighted by Gasteiger charge is -2.46. The van der Waals surface area contributed by atoms with Crippen LogP contribution < -0.4 is 10.1 Å². The number of hydrogen-bond acceptors (Lipinski definition) is 8. The summed E-state index contributed by atoms with van der Waals surface area (Å²) in [5.41, 5.74) is 2.00. The molecule has 0 aliphatic carbocycles. The van der Waals surface area contributed by atoms with Gasteiger partial charge in [-0.15, -0.1) is 0 Å². The molecule has 0 radical (unpaired) electrons. The van der Waals surface area contributed by atoms with Crippen molar-refractivity contribution in [1.82, 2.24) is 14.9 Å². The molecule has 2 unspecified atom stereocenters. The Kier molecular flexibility index (Phi) is 9.73. The maximum Gasteiger partial charge on any atom is 0.306 e. The first kappa shape index (κ1) is 27.6. The largest absolute Gasteiger partial charge is 0.492 e. The van der Waals surface area contributed by atoms with Gasteiger partial charge in [-0.2, -0.15) is 4.99 Å². The Labute approximate surface area is 225 Å². The molecule has 0 aromatic heterocycles. The number of guanidine groups is 1. The van der Waals surface area contributed by atoms with E-state index in [1.54, 1.807) is 0 Å². The van der Waals surface area contributed by atoms with Crippen molar-refractivity contribution in [2.45, 2.75) is 52.2 Å². The Morgan fingerprint density at radius 1 is 1.13 bits per heavy atom. The molecule has 4 rings (SSSR count). The van der Waals surface area contributed by atoms with Crippen molar-refractivity contribution < 1.29 is 14.6 Å². The van der Waals surface area contributed by atoms with Gasteiger partial charge in [0.15, 0.2) is 6.29 Å². The lowest BCUT2D eigenvalue weighted by Crippen LogP contribution is -2.61. The zero-order valence-corrected chi connectivity index (χ0v) is 22.7. The van der Waals surface area contributed by atoms with Gasteiger partial charge in [0.1, 0.15) is 18.2 Å². The normalized spacial score (nSPS) is 19.1. The zero-order valence-electron chi connectivity index (χ0n) is 22.7. The summed E-state index contributed by atoms with van der Waals surface area (Å²) in [6.07, 6.45) is 4.46. The van der Waals surface area contributed by atoms with Crippen LogP contribution in [-0.2, 0) is 11.2 Å². The summed E-state index contributed by atoms with van der Waals surface area (Å²) < 4.78 is 6.05. The second kappa shape index (κ2) is 13.4. The lowest BCUT2D eigenvalue weighted by atomic mass is 9.97. The highest BCUT2D eigenvalue weighted by Gasteiger charge is 2.34. The molecule has 1 fully saturated rings. The molecular formula is C29H40N6O3. The molecule has 0 amide bonds. The van der Waals surface area contributed by atoms with Crippen LogP contribution in [0.25, 0.3) is 0 Å². The van der Waals surface area contributed by atoms with E-state index in [0.29, 0.717) is 26.0 Å². The minimum Gasteiger partial charge on any atom is -0.492 e. The summed E-state index contributed by atoms with van der Waals surface area (Å²) in [5, 5.41) is 17.4. The van der Waals surface area contributed by atoms with Gasteiger partial charge in [0.25, 0.3) is 0 Å². The predicted octanol–water partition coefficient (Wildman–Crippen LogP) is 4.54. The van der Waals surface area contributed by atoms with Gasteiger partial charge in [0, 0.05) is 25.3 Å². The average Bonchev–Trinajstić information content (AvgIpc) is 2.93. The number of carboxylic acids is 1. The number of anilines is 1. The number of aliphatic imine (C=N–C) groups is 2. The topological polar surface area (TPSA) is 93.0 Å². The second-order valence-electron chi connectivity index (χ2n) is 9.93. The first-order valence-electron chi connectivity index (χ1n) is 13.6. The number of carbonyl (C=O) groups is 1.